The third-order valence-electron chi connectivity index (χ3n) is 4.65. The quantitative estimate of drug-likeness (QED) is 0.888. The summed E-state index contributed by atoms with van der Waals surface area (Å²) in [6.07, 6.45) is 1.74. The Labute approximate surface area is 122 Å². The average molecular weight is 287 g/mol. The third kappa shape index (κ3) is 2.13. The van der Waals surface area contributed by atoms with Gasteiger partial charge in [-0.3, -0.25) is 14.4 Å². The maximum Gasteiger partial charge on any atom is 0.303 e. The van der Waals surface area contributed by atoms with Gasteiger partial charge in [0.2, 0.25) is 5.91 Å². The van der Waals surface area contributed by atoms with Crippen molar-refractivity contribution >= 4 is 23.3 Å². The summed E-state index contributed by atoms with van der Waals surface area (Å²) >= 11 is 0. The van der Waals surface area contributed by atoms with E-state index in [1.165, 1.54) is 0 Å². The van der Waals surface area contributed by atoms with Crippen molar-refractivity contribution in [3.8, 4) is 0 Å². The summed E-state index contributed by atoms with van der Waals surface area (Å²) in [6, 6.07) is 7.47. The number of rotatable bonds is 4. The minimum absolute atomic E-state index is 0.0734. The van der Waals surface area contributed by atoms with Gasteiger partial charge in [-0.05, 0) is 30.4 Å². The number of Topliss-reactive ketones (excluding diaryl/α,β-unsaturated/α-hetero) is 1. The van der Waals surface area contributed by atoms with E-state index in [0.717, 1.165) is 11.3 Å². The summed E-state index contributed by atoms with van der Waals surface area (Å²) in [5.74, 6) is -0.977. The van der Waals surface area contributed by atoms with Gasteiger partial charge < -0.3 is 10.4 Å². The number of carbonyl (C=O) groups excluding carboxylic acids is 2. The van der Waals surface area contributed by atoms with Crippen LogP contribution in [0.3, 0.4) is 0 Å². The lowest BCUT2D eigenvalue weighted by Crippen LogP contribution is -2.38. The number of aliphatic carboxylic acids is 1. The van der Waals surface area contributed by atoms with Crippen molar-refractivity contribution in [1.29, 1.82) is 0 Å². The second kappa shape index (κ2) is 4.98. The van der Waals surface area contributed by atoms with Crippen molar-refractivity contribution < 1.29 is 19.5 Å². The Morgan fingerprint density at radius 1 is 1.33 bits per heavy atom. The van der Waals surface area contributed by atoms with Gasteiger partial charge >= 0.3 is 5.97 Å². The highest BCUT2D eigenvalue weighted by Gasteiger charge is 2.56. The first-order chi connectivity index (χ1) is 10.0. The lowest BCUT2D eigenvalue weighted by molar-refractivity contribution is -0.137. The van der Waals surface area contributed by atoms with E-state index < -0.39 is 11.4 Å². The number of anilines is 1. The molecule has 0 bridgehead atoms. The molecule has 5 nitrogen and oxygen atoms in total. The van der Waals surface area contributed by atoms with Crippen molar-refractivity contribution in [2.75, 3.05) is 5.32 Å². The van der Waals surface area contributed by atoms with Crippen LogP contribution in [0.4, 0.5) is 5.69 Å². The third-order valence-corrected chi connectivity index (χ3v) is 4.65. The van der Waals surface area contributed by atoms with Crippen molar-refractivity contribution in [2.45, 2.75) is 37.5 Å². The van der Waals surface area contributed by atoms with Crippen molar-refractivity contribution in [3.05, 3.63) is 29.8 Å². The number of benzene rings is 1. The molecule has 1 aliphatic carbocycles. The summed E-state index contributed by atoms with van der Waals surface area (Å²) in [6.45, 7) is 0. The van der Waals surface area contributed by atoms with E-state index in [9.17, 15) is 14.4 Å². The smallest absolute Gasteiger partial charge is 0.303 e. The minimum atomic E-state index is -0.843. The zero-order valence-corrected chi connectivity index (χ0v) is 11.6. The van der Waals surface area contributed by atoms with Gasteiger partial charge in [-0.25, -0.2) is 0 Å². The first-order valence-corrected chi connectivity index (χ1v) is 7.18. The van der Waals surface area contributed by atoms with Crippen LogP contribution in [0.25, 0.3) is 0 Å². The molecule has 3 rings (SSSR count). The number of nitrogens with one attached hydrogen (secondary N) is 1. The summed E-state index contributed by atoms with van der Waals surface area (Å²) in [5, 5.41) is 11.6. The fraction of sp³-hybridized carbons (Fsp3) is 0.438. The number of hydrogen-bond acceptors (Lipinski definition) is 3. The van der Waals surface area contributed by atoms with Gasteiger partial charge in [0.25, 0.3) is 0 Å². The van der Waals surface area contributed by atoms with Gasteiger partial charge in [-0.2, -0.15) is 0 Å². The predicted molar refractivity (Wildman–Crippen MR) is 76.0 cm³/mol. The second-order valence-corrected chi connectivity index (χ2v) is 5.87. The first-order valence-electron chi connectivity index (χ1n) is 7.18. The van der Waals surface area contributed by atoms with E-state index in [0.29, 0.717) is 19.3 Å². The summed E-state index contributed by atoms with van der Waals surface area (Å²) < 4.78 is 0. The molecule has 1 aromatic rings. The molecule has 2 aliphatic rings. The van der Waals surface area contributed by atoms with Gasteiger partial charge in [0, 0.05) is 24.9 Å². The molecule has 1 heterocycles. The largest absolute Gasteiger partial charge is 0.481 e. The van der Waals surface area contributed by atoms with Crippen LogP contribution in [-0.2, 0) is 19.8 Å². The van der Waals surface area contributed by atoms with Gasteiger partial charge in [0.1, 0.15) is 5.78 Å². The van der Waals surface area contributed by atoms with Crippen LogP contribution < -0.4 is 5.32 Å². The molecule has 1 spiro atoms. The normalized spacial score (nSPS) is 27.0. The van der Waals surface area contributed by atoms with E-state index in [1.807, 2.05) is 24.3 Å². The monoisotopic (exact) mass is 287 g/mol. The molecule has 110 valence electrons. The topological polar surface area (TPSA) is 83.5 Å². The molecule has 1 aromatic carbocycles. The molecule has 0 aromatic heterocycles. The maximum atomic E-state index is 12.5. The van der Waals surface area contributed by atoms with Crippen LogP contribution in [0.15, 0.2) is 24.3 Å². The number of ketones is 1. The summed E-state index contributed by atoms with van der Waals surface area (Å²) in [4.78, 5) is 35.2. The Morgan fingerprint density at radius 3 is 2.86 bits per heavy atom. The lowest BCUT2D eigenvalue weighted by atomic mass is 9.71. The van der Waals surface area contributed by atoms with E-state index >= 15 is 0 Å². The summed E-state index contributed by atoms with van der Waals surface area (Å²) in [7, 11) is 0. The predicted octanol–water partition coefficient (Wildman–Crippen LogP) is 2.11. The summed E-state index contributed by atoms with van der Waals surface area (Å²) in [5.41, 5.74) is 0.883. The number of carboxylic acids is 1. The highest BCUT2D eigenvalue weighted by Crippen LogP contribution is 2.52. The molecule has 1 aliphatic heterocycles. The number of fused-ring (bicyclic) bond motifs is 2. The molecular formula is C16H17NO4. The van der Waals surface area contributed by atoms with E-state index in [4.69, 9.17) is 5.11 Å². The lowest BCUT2D eigenvalue weighted by Gasteiger charge is -2.28. The highest BCUT2D eigenvalue weighted by atomic mass is 16.4. The minimum Gasteiger partial charge on any atom is -0.481 e. The zero-order valence-electron chi connectivity index (χ0n) is 11.6. The molecule has 0 saturated heterocycles. The SMILES string of the molecule is O=C(O)CCCC1CC(=O)CC12C(=O)Nc1ccccc12. The number of carboxylic acid groups (broad SMARTS) is 1. The highest BCUT2D eigenvalue weighted by molar-refractivity contribution is 6.10. The Morgan fingerprint density at radius 2 is 2.10 bits per heavy atom. The molecule has 2 N–H and O–H groups in total. The van der Waals surface area contributed by atoms with E-state index in [2.05, 4.69) is 5.32 Å². The molecule has 2 atom stereocenters. The van der Waals surface area contributed by atoms with Gasteiger partial charge in [-0.15, -0.1) is 0 Å². The molecular weight excluding hydrogens is 270 g/mol. The van der Waals surface area contributed by atoms with Crippen LogP contribution in [0.2, 0.25) is 0 Å². The van der Waals surface area contributed by atoms with Crippen LogP contribution in [0.1, 0.15) is 37.7 Å². The first kappa shape index (κ1) is 13.8. The van der Waals surface area contributed by atoms with Crippen LogP contribution in [0, 0.1) is 5.92 Å². The van der Waals surface area contributed by atoms with E-state index in [-0.39, 0.29) is 30.4 Å². The molecule has 21 heavy (non-hydrogen) atoms. The maximum absolute atomic E-state index is 12.5. The van der Waals surface area contributed by atoms with Crippen LogP contribution >= 0.6 is 0 Å². The van der Waals surface area contributed by atoms with Crippen LogP contribution in [0.5, 0.6) is 0 Å². The Hall–Kier alpha value is -2.17. The Kier molecular flexibility index (Phi) is 3.27. The van der Waals surface area contributed by atoms with Gasteiger partial charge in [0.05, 0.1) is 5.41 Å². The molecule has 0 radical (unpaired) electrons. The molecule has 1 fully saturated rings. The number of carbonyl (C=O) groups is 3. The van der Waals surface area contributed by atoms with Crippen molar-refractivity contribution in [1.82, 2.24) is 0 Å². The van der Waals surface area contributed by atoms with E-state index in [1.54, 1.807) is 0 Å². The zero-order chi connectivity index (χ0) is 15.0. The standard InChI is InChI=1S/C16H17NO4/c18-11-8-10(4-3-7-14(19)20)16(9-11)12-5-1-2-6-13(12)17-15(16)21/h1-2,5-6,10H,3-4,7-9H2,(H,17,21)(H,19,20). The van der Waals surface area contributed by atoms with Crippen molar-refractivity contribution in [3.63, 3.8) is 0 Å². The fourth-order valence-electron chi connectivity index (χ4n) is 3.74. The fourth-order valence-corrected chi connectivity index (χ4v) is 3.74. The molecule has 5 heteroatoms. The average Bonchev–Trinajstić information content (AvgIpc) is 2.90. The van der Waals surface area contributed by atoms with Crippen molar-refractivity contribution in [2.24, 2.45) is 5.92 Å². The Balaban J connectivity index is 1.92. The number of hydrogen-bond donors (Lipinski definition) is 2. The number of amides is 1. The van der Waals surface area contributed by atoms with Gasteiger partial charge in [0.15, 0.2) is 0 Å². The number of para-hydroxylation sites is 1. The van der Waals surface area contributed by atoms with Crippen LogP contribution in [-0.4, -0.2) is 22.8 Å². The molecule has 2 unspecified atom stereocenters. The molecule has 1 amide bonds. The second-order valence-electron chi connectivity index (χ2n) is 5.87. The Bertz CT molecular complexity index is 624. The van der Waals surface area contributed by atoms with Gasteiger partial charge in [-0.1, -0.05) is 18.2 Å². The molecule has 1 saturated carbocycles.